The maximum atomic E-state index is 12.6. The molecule has 2 amide bonds. The Morgan fingerprint density at radius 2 is 1.45 bits per heavy atom. The summed E-state index contributed by atoms with van der Waals surface area (Å²) in [7, 11) is 0. The van der Waals surface area contributed by atoms with E-state index in [2.05, 4.69) is 12.2 Å². The molecule has 0 spiro atoms. The molecule has 3 aliphatic rings. The van der Waals surface area contributed by atoms with Gasteiger partial charge in [-0.1, -0.05) is 41.4 Å². The molecule has 102 valence electrons. The second-order valence-electron chi connectivity index (χ2n) is 5.58. The van der Waals surface area contributed by atoms with Gasteiger partial charge in [0.05, 0.1) is 27.6 Å². The summed E-state index contributed by atoms with van der Waals surface area (Å²) in [6.07, 6.45) is 5.04. The molecule has 4 unspecified atom stereocenters. The number of fused-ring (bicyclic) bond motifs is 5. The van der Waals surface area contributed by atoms with E-state index < -0.39 is 0 Å². The minimum Gasteiger partial charge on any atom is -0.274 e. The van der Waals surface area contributed by atoms with Crippen LogP contribution < -0.4 is 4.90 Å². The van der Waals surface area contributed by atoms with Gasteiger partial charge in [-0.2, -0.15) is 0 Å². The Morgan fingerprint density at radius 3 is 1.95 bits per heavy atom. The SMILES string of the molecule is O=C1C2C3C=CC(C3)C2C(=O)N1c1c(Cl)cccc1Cl. The van der Waals surface area contributed by atoms with E-state index in [4.69, 9.17) is 23.2 Å². The van der Waals surface area contributed by atoms with E-state index >= 15 is 0 Å². The molecular formula is C15H11Cl2NO2. The van der Waals surface area contributed by atoms with Gasteiger partial charge in [-0.15, -0.1) is 0 Å². The lowest BCUT2D eigenvalue weighted by molar-refractivity contribution is -0.123. The molecule has 2 fully saturated rings. The number of hydrogen-bond acceptors (Lipinski definition) is 2. The van der Waals surface area contributed by atoms with Crippen LogP contribution in [0.2, 0.25) is 10.0 Å². The summed E-state index contributed by atoms with van der Waals surface area (Å²) in [4.78, 5) is 26.5. The van der Waals surface area contributed by atoms with Crippen LogP contribution in [0.4, 0.5) is 5.69 Å². The number of rotatable bonds is 1. The van der Waals surface area contributed by atoms with Crippen molar-refractivity contribution < 1.29 is 9.59 Å². The molecule has 1 aromatic rings. The van der Waals surface area contributed by atoms with E-state index in [1.54, 1.807) is 18.2 Å². The number of halogens is 2. The first-order valence-corrected chi connectivity index (χ1v) is 7.35. The molecule has 1 saturated carbocycles. The summed E-state index contributed by atoms with van der Waals surface area (Å²) >= 11 is 12.3. The average molecular weight is 308 g/mol. The zero-order valence-electron chi connectivity index (χ0n) is 10.4. The van der Waals surface area contributed by atoms with Crippen LogP contribution >= 0.6 is 23.2 Å². The second kappa shape index (κ2) is 4.09. The van der Waals surface area contributed by atoms with E-state index in [1.807, 2.05) is 0 Å². The topological polar surface area (TPSA) is 37.4 Å². The number of para-hydroxylation sites is 1. The highest BCUT2D eigenvalue weighted by Gasteiger charge is 2.60. The summed E-state index contributed by atoms with van der Waals surface area (Å²) in [6, 6.07) is 4.99. The number of nitrogens with zero attached hydrogens (tertiary/aromatic N) is 1. The molecular weight excluding hydrogens is 297 g/mol. The van der Waals surface area contributed by atoms with Gasteiger partial charge in [-0.3, -0.25) is 9.59 Å². The first-order chi connectivity index (χ1) is 9.59. The lowest BCUT2D eigenvalue weighted by Crippen LogP contribution is -2.33. The normalized spacial score (nSPS) is 34.2. The molecule has 1 aliphatic heterocycles. The van der Waals surface area contributed by atoms with Gasteiger partial charge in [0.2, 0.25) is 11.8 Å². The van der Waals surface area contributed by atoms with E-state index in [1.165, 1.54) is 4.90 Å². The van der Waals surface area contributed by atoms with Crippen molar-refractivity contribution in [3.63, 3.8) is 0 Å². The number of carbonyl (C=O) groups is 2. The standard InChI is InChI=1S/C15H11Cl2NO2/c16-9-2-1-3-10(17)13(9)18-14(19)11-7-4-5-8(6-7)12(11)15(18)20/h1-5,7-8,11-12H,6H2. The number of carbonyl (C=O) groups excluding carboxylic acids is 2. The van der Waals surface area contributed by atoms with Gasteiger partial charge in [-0.25, -0.2) is 4.90 Å². The minimum absolute atomic E-state index is 0.160. The van der Waals surface area contributed by atoms with E-state index in [0.717, 1.165) is 6.42 Å². The molecule has 4 rings (SSSR count). The number of allylic oxidation sites excluding steroid dienone is 2. The Balaban J connectivity index is 1.82. The quantitative estimate of drug-likeness (QED) is 0.589. The molecule has 2 aliphatic carbocycles. The van der Waals surface area contributed by atoms with E-state index in [9.17, 15) is 9.59 Å². The summed E-state index contributed by atoms with van der Waals surface area (Å²) in [5.41, 5.74) is 0.333. The van der Waals surface area contributed by atoms with Gasteiger partial charge >= 0.3 is 0 Å². The lowest BCUT2D eigenvalue weighted by Gasteiger charge is -2.19. The van der Waals surface area contributed by atoms with Crippen molar-refractivity contribution in [3.05, 3.63) is 40.4 Å². The molecule has 0 radical (unpaired) electrons. The van der Waals surface area contributed by atoms with Crippen LogP contribution in [0.1, 0.15) is 6.42 Å². The van der Waals surface area contributed by atoms with Crippen LogP contribution in [0, 0.1) is 23.7 Å². The molecule has 20 heavy (non-hydrogen) atoms. The van der Waals surface area contributed by atoms with Crippen LogP contribution in [0.15, 0.2) is 30.4 Å². The van der Waals surface area contributed by atoms with Crippen molar-refractivity contribution in [2.45, 2.75) is 6.42 Å². The van der Waals surface area contributed by atoms with E-state index in [0.29, 0.717) is 15.7 Å². The van der Waals surface area contributed by atoms with Crippen LogP contribution in [0.5, 0.6) is 0 Å². The first-order valence-electron chi connectivity index (χ1n) is 6.59. The first kappa shape index (κ1) is 12.4. The number of amides is 2. The largest absolute Gasteiger partial charge is 0.274 e. The number of hydrogen-bond donors (Lipinski definition) is 0. The molecule has 5 heteroatoms. The van der Waals surface area contributed by atoms with Crippen molar-refractivity contribution in [2.24, 2.45) is 23.7 Å². The second-order valence-corrected chi connectivity index (χ2v) is 6.40. The average Bonchev–Trinajstić information content (AvgIpc) is 3.07. The molecule has 2 bridgehead atoms. The van der Waals surface area contributed by atoms with Crippen molar-refractivity contribution in [3.8, 4) is 0 Å². The zero-order valence-corrected chi connectivity index (χ0v) is 11.9. The highest BCUT2D eigenvalue weighted by atomic mass is 35.5. The Kier molecular flexibility index (Phi) is 2.54. The van der Waals surface area contributed by atoms with Gasteiger partial charge in [-0.05, 0) is 30.4 Å². The predicted octanol–water partition coefficient (Wildman–Crippen LogP) is 3.30. The van der Waals surface area contributed by atoms with Crippen LogP contribution in [0.3, 0.4) is 0 Å². The number of imide groups is 1. The molecule has 4 atom stereocenters. The third-order valence-electron chi connectivity index (χ3n) is 4.63. The van der Waals surface area contributed by atoms with Crippen molar-refractivity contribution in [1.29, 1.82) is 0 Å². The van der Waals surface area contributed by atoms with Gasteiger partial charge in [0.1, 0.15) is 0 Å². The predicted molar refractivity (Wildman–Crippen MR) is 76.7 cm³/mol. The lowest BCUT2D eigenvalue weighted by atomic mass is 9.85. The Hall–Kier alpha value is -1.32. The Labute approximate surface area is 126 Å². The van der Waals surface area contributed by atoms with Gasteiger partial charge in [0, 0.05) is 0 Å². The zero-order chi connectivity index (χ0) is 14.0. The third-order valence-corrected chi connectivity index (χ3v) is 5.24. The Bertz CT molecular complexity index is 620. The number of benzene rings is 1. The highest BCUT2D eigenvalue weighted by Crippen LogP contribution is 2.54. The fraction of sp³-hybridized carbons (Fsp3) is 0.333. The maximum Gasteiger partial charge on any atom is 0.238 e. The van der Waals surface area contributed by atoms with Crippen molar-refractivity contribution >= 4 is 40.7 Å². The fourth-order valence-corrected chi connectivity index (χ4v) is 4.39. The van der Waals surface area contributed by atoms with Crippen LogP contribution in [-0.2, 0) is 9.59 Å². The monoisotopic (exact) mass is 307 g/mol. The van der Waals surface area contributed by atoms with Crippen LogP contribution in [-0.4, -0.2) is 11.8 Å². The Morgan fingerprint density at radius 1 is 0.950 bits per heavy atom. The maximum absolute atomic E-state index is 12.6. The minimum atomic E-state index is -0.232. The molecule has 1 saturated heterocycles. The van der Waals surface area contributed by atoms with Gasteiger partial charge in [0.15, 0.2) is 0 Å². The van der Waals surface area contributed by atoms with E-state index in [-0.39, 0.29) is 35.5 Å². The molecule has 1 aromatic carbocycles. The van der Waals surface area contributed by atoms with Crippen LogP contribution in [0.25, 0.3) is 0 Å². The smallest absolute Gasteiger partial charge is 0.238 e. The van der Waals surface area contributed by atoms with Crippen molar-refractivity contribution in [2.75, 3.05) is 4.90 Å². The summed E-state index contributed by atoms with van der Waals surface area (Å²) < 4.78 is 0. The molecule has 0 N–H and O–H groups in total. The highest BCUT2D eigenvalue weighted by molar-refractivity contribution is 6.42. The van der Waals surface area contributed by atoms with Gasteiger partial charge < -0.3 is 0 Å². The fourth-order valence-electron chi connectivity index (χ4n) is 3.83. The van der Waals surface area contributed by atoms with Crippen molar-refractivity contribution in [1.82, 2.24) is 0 Å². The summed E-state index contributed by atoms with van der Waals surface area (Å²) in [5, 5.41) is 0.666. The summed E-state index contributed by atoms with van der Waals surface area (Å²) in [6.45, 7) is 0. The summed E-state index contributed by atoms with van der Waals surface area (Å²) in [5.74, 6) is -0.409. The van der Waals surface area contributed by atoms with Gasteiger partial charge in [0.25, 0.3) is 0 Å². The molecule has 3 nitrogen and oxygen atoms in total. The molecule has 0 aromatic heterocycles. The number of anilines is 1. The molecule has 1 heterocycles. The third kappa shape index (κ3) is 1.42.